The molecule has 2 aromatic carbocycles. The number of thiophene rings is 1. The van der Waals surface area contributed by atoms with E-state index >= 15 is 0 Å². The van der Waals surface area contributed by atoms with Crippen molar-refractivity contribution in [2.75, 3.05) is 23.8 Å². The molecule has 3 aromatic rings. The molecule has 0 saturated carbocycles. The number of rotatable bonds is 4. The summed E-state index contributed by atoms with van der Waals surface area (Å²) in [5.74, 6) is 0.534. The molecule has 28 heavy (non-hydrogen) atoms. The molecule has 0 unspecified atom stereocenters. The molecule has 4 rings (SSSR count). The van der Waals surface area contributed by atoms with Gasteiger partial charge in [-0.05, 0) is 41.8 Å². The van der Waals surface area contributed by atoms with E-state index in [1.54, 1.807) is 48.5 Å². The van der Waals surface area contributed by atoms with Crippen molar-refractivity contribution in [1.29, 1.82) is 0 Å². The Morgan fingerprint density at radius 2 is 1.75 bits per heavy atom. The predicted octanol–water partition coefficient (Wildman–Crippen LogP) is 4.68. The largest absolute Gasteiger partial charge is 0.486 e. The van der Waals surface area contributed by atoms with Crippen LogP contribution in [0.15, 0.2) is 53.9 Å². The summed E-state index contributed by atoms with van der Waals surface area (Å²) < 4.78 is 11.0. The van der Waals surface area contributed by atoms with Crippen LogP contribution in [0, 0.1) is 0 Å². The zero-order valence-electron chi connectivity index (χ0n) is 14.5. The highest BCUT2D eigenvalue weighted by Crippen LogP contribution is 2.33. The van der Waals surface area contributed by atoms with Crippen LogP contribution in [0.1, 0.15) is 20.0 Å². The van der Waals surface area contributed by atoms with Gasteiger partial charge in [0.05, 0.1) is 16.1 Å². The molecule has 8 heteroatoms. The number of hydrogen-bond donors (Lipinski definition) is 2. The first-order valence-corrected chi connectivity index (χ1v) is 9.71. The molecule has 0 radical (unpaired) electrons. The zero-order valence-corrected chi connectivity index (χ0v) is 16.1. The second-order valence-corrected chi connectivity index (χ2v) is 7.32. The first-order valence-electron chi connectivity index (χ1n) is 8.45. The lowest BCUT2D eigenvalue weighted by atomic mass is 10.1. The van der Waals surface area contributed by atoms with Gasteiger partial charge in [-0.25, -0.2) is 0 Å². The highest BCUT2D eigenvalue weighted by molar-refractivity contribution is 7.12. The van der Waals surface area contributed by atoms with Crippen molar-refractivity contribution in [3.8, 4) is 11.5 Å². The van der Waals surface area contributed by atoms with Gasteiger partial charge in [-0.3, -0.25) is 9.59 Å². The SMILES string of the molecule is O=C(Nc1cc(Cl)ccc1C(=O)Nc1ccc2c(c1)OCCO2)c1cccs1. The quantitative estimate of drug-likeness (QED) is 0.650. The van der Waals surface area contributed by atoms with Crippen molar-refractivity contribution in [3.05, 3.63) is 69.4 Å². The molecule has 1 aromatic heterocycles. The fourth-order valence-electron chi connectivity index (χ4n) is 2.73. The fraction of sp³-hybridized carbons (Fsp3) is 0.100. The highest BCUT2D eigenvalue weighted by Gasteiger charge is 2.17. The molecule has 0 atom stereocenters. The minimum absolute atomic E-state index is 0.296. The number of anilines is 2. The van der Waals surface area contributed by atoms with Crippen molar-refractivity contribution in [2.24, 2.45) is 0 Å². The predicted molar refractivity (Wildman–Crippen MR) is 109 cm³/mol. The fourth-order valence-corrected chi connectivity index (χ4v) is 3.52. The van der Waals surface area contributed by atoms with E-state index in [0.717, 1.165) is 0 Å². The molecular weight excluding hydrogens is 400 g/mol. The van der Waals surface area contributed by atoms with E-state index in [1.807, 2.05) is 5.38 Å². The monoisotopic (exact) mass is 414 g/mol. The lowest BCUT2D eigenvalue weighted by molar-refractivity contribution is 0.102. The van der Waals surface area contributed by atoms with E-state index in [4.69, 9.17) is 21.1 Å². The Morgan fingerprint density at radius 1 is 0.929 bits per heavy atom. The number of benzene rings is 2. The van der Waals surface area contributed by atoms with Crippen LogP contribution < -0.4 is 20.1 Å². The Kier molecular flexibility index (Phi) is 5.18. The molecule has 2 heterocycles. The van der Waals surface area contributed by atoms with Crippen LogP contribution in [0.4, 0.5) is 11.4 Å². The van der Waals surface area contributed by atoms with Gasteiger partial charge in [0, 0.05) is 16.8 Å². The second-order valence-electron chi connectivity index (χ2n) is 5.93. The zero-order chi connectivity index (χ0) is 19.5. The third kappa shape index (κ3) is 3.95. The van der Waals surface area contributed by atoms with Gasteiger partial charge in [-0.1, -0.05) is 17.7 Å². The Morgan fingerprint density at radius 3 is 2.54 bits per heavy atom. The van der Waals surface area contributed by atoms with Gasteiger partial charge in [-0.15, -0.1) is 11.3 Å². The van der Waals surface area contributed by atoms with Gasteiger partial charge in [-0.2, -0.15) is 0 Å². The van der Waals surface area contributed by atoms with Crippen molar-refractivity contribution in [2.45, 2.75) is 0 Å². The molecule has 2 N–H and O–H groups in total. The third-order valence-corrected chi connectivity index (χ3v) is 5.12. The summed E-state index contributed by atoms with van der Waals surface area (Å²) in [4.78, 5) is 25.7. The van der Waals surface area contributed by atoms with E-state index in [1.165, 1.54) is 11.3 Å². The maximum Gasteiger partial charge on any atom is 0.265 e. The molecule has 0 bridgehead atoms. The van der Waals surface area contributed by atoms with Gasteiger partial charge in [0.15, 0.2) is 11.5 Å². The number of fused-ring (bicyclic) bond motifs is 1. The normalized spacial score (nSPS) is 12.3. The van der Waals surface area contributed by atoms with Gasteiger partial charge in [0.1, 0.15) is 13.2 Å². The standard InChI is InChI=1S/C20H15ClN2O4S/c21-12-3-5-14(15(10-12)23-20(25)18-2-1-9-28-18)19(24)22-13-4-6-16-17(11-13)27-8-7-26-16/h1-6,9-11H,7-8H2,(H,22,24)(H,23,25). The van der Waals surface area contributed by atoms with E-state index in [2.05, 4.69) is 10.6 Å². The summed E-state index contributed by atoms with van der Waals surface area (Å²) in [6.07, 6.45) is 0. The van der Waals surface area contributed by atoms with E-state index in [0.29, 0.717) is 51.6 Å². The van der Waals surface area contributed by atoms with Gasteiger partial charge in [0.2, 0.25) is 0 Å². The van der Waals surface area contributed by atoms with E-state index < -0.39 is 0 Å². The van der Waals surface area contributed by atoms with Crippen LogP contribution in [-0.4, -0.2) is 25.0 Å². The van der Waals surface area contributed by atoms with Crippen LogP contribution in [0.2, 0.25) is 5.02 Å². The Bertz CT molecular complexity index is 1040. The van der Waals surface area contributed by atoms with Crippen LogP contribution in [0.3, 0.4) is 0 Å². The number of amides is 2. The number of ether oxygens (including phenoxy) is 2. The summed E-state index contributed by atoms with van der Waals surface area (Å²) in [5, 5.41) is 7.78. The van der Waals surface area contributed by atoms with Crippen molar-refractivity contribution in [3.63, 3.8) is 0 Å². The molecular formula is C20H15ClN2O4S. The Balaban J connectivity index is 1.56. The Hall–Kier alpha value is -3.03. The number of nitrogens with one attached hydrogen (secondary N) is 2. The summed E-state index contributed by atoms with van der Waals surface area (Å²) in [5.41, 5.74) is 1.19. The molecule has 0 saturated heterocycles. The van der Waals surface area contributed by atoms with Crippen LogP contribution >= 0.6 is 22.9 Å². The molecule has 0 spiro atoms. The number of halogens is 1. The van der Waals surface area contributed by atoms with Crippen molar-refractivity contribution < 1.29 is 19.1 Å². The first kappa shape index (κ1) is 18.3. The first-order chi connectivity index (χ1) is 13.6. The van der Waals surface area contributed by atoms with Crippen LogP contribution in [0.25, 0.3) is 0 Å². The van der Waals surface area contributed by atoms with E-state index in [-0.39, 0.29) is 11.8 Å². The average Bonchev–Trinajstić information content (AvgIpc) is 3.23. The van der Waals surface area contributed by atoms with Crippen molar-refractivity contribution >= 4 is 46.1 Å². The topological polar surface area (TPSA) is 76.7 Å². The van der Waals surface area contributed by atoms with Crippen LogP contribution in [-0.2, 0) is 0 Å². The third-order valence-electron chi connectivity index (χ3n) is 4.02. The number of carbonyl (C=O) groups is 2. The van der Waals surface area contributed by atoms with Gasteiger partial charge < -0.3 is 20.1 Å². The lowest BCUT2D eigenvalue weighted by Crippen LogP contribution is -2.18. The minimum Gasteiger partial charge on any atom is -0.486 e. The van der Waals surface area contributed by atoms with Gasteiger partial charge >= 0.3 is 0 Å². The molecule has 2 amide bonds. The lowest BCUT2D eigenvalue weighted by Gasteiger charge is -2.19. The molecule has 6 nitrogen and oxygen atoms in total. The van der Waals surface area contributed by atoms with Crippen LogP contribution in [0.5, 0.6) is 11.5 Å². The van der Waals surface area contributed by atoms with E-state index in [9.17, 15) is 9.59 Å². The number of hydrogen-bond acceptors (Lipinski definition) is 5. The molecule has 0 fully saturated rings. The summed E-state index contributed by atoms with van der Waals surface area (Å²) in [7, 11) is 0. The summed E-state index contributed by atoms with van der Waals surface area (Å²) >= 11 is 7.37. The highest BCUT2D eigenvalue weighted by atomic mass is 35.5. The molecule has 0 aliphatic carbocycles. The minimum atomic E-state index is -0.380. The Labute approximate surface area is 170 Å². The molecule has 142 valence electrons. The summed E-state index contributed by atoms with van der Waals surface area (Å²) in [6.45, 7) is 0.956. The maximum absolute atomic E-state index is 12.8. The van der Waals surface area contributed by atoms with Crippen molar-refractivity contribution in [1.82, 2.24) is 0 Å². The smallest absolute Gasteiger partial charge is 0.265 e. The summed E-state index contributed by atoms with van der Waals surface area (Å²) in [6, 6.07) is 13.4. The number of carbonyl (C=O) groups excluding carboxylic acids is 2. The average molecular weight is 415 g/mol. The molecule has 1 aliphatic rings. The second kappa shape index (κ2) is 7.92. The van der Waals surface area contributed by atoms with Gasteiger partial charge in [0.25, 0.3) is 11.8 Å². The molecule has 1 aliphatic heterocycles. The maximum atomic E-state index is 12.8.